The van der Waals surface area contributed by atoms with Crippen molar-refractivity contribution >= 4 is 41.3 Å². The summed E-state index contributed by atoms with van der Waals surface area (Å²) in [6.07, 6.45) is 1.47. The molecule has 136 valence electrons. The SMILES string of the molecule is CCOC(=O)COc1ccc(/C=N/NC(=O)c2ccc(Cl)cc2Cl)cc1. The lowest BCUT2D eigenvalue weighted by Gasteiger charge is -2.05. The summed E-state index contributed by atoms with van der Waals surface area (Å²) in [5.74, 6) is -0.355. The number of nitrogens with one attached hydrogen (secondary N) is 1. The lowest BCUT2D eigenvalue weighted by Crippen LogP contribution is -2.18. The van der Waals surface area contributed by atoms with Crippen LogP contribution in [0.2, 0.25) is 10.0 Å². The van der Waals surface area contributed by atoms with Gasteiger partial charge in [0.25, 0.3) is 5.91 Å². The number of rotatable bonds is 7. The number of carbonyl (C=O) groups excluding carboxylic acids is 2. The van der Waals surface area contributed by atoms with E-state index in [2.05, 4.69) is 10.5 Å². The van der Waals surface area contributed by atoms with Gasteiger partial charge in [-0.2, -0.15) is 5.10 Å². The van der Waals surface area contributed by atoms with E-state index in [1.54, 1.807) is 37.3 Å². The molecule has 0 spiro atoms. The molecule has 1 amide bonds. The van der Waals surface area contributed by atoms with Crippen molar-refractivity contribution in [1.82, 2.24) is 5.43 Å². The van der Waals surface area contributed by atoms with E-state index in [0.29, 0.717) is 17.4 Å². The van der Waals surface area contributed by atoms with Crippen LogP contribution in [0.1, 0.15) is 22.8 Å². The zero-order valence-electron chi connectivity index (χ0n) is 13.9. The van der Waals surface area contributed by atoms with E-state index in [-0.39, 0.29) is 17.2 Å². The first-order valence-corrected chi connectivity index (χ1v) is 8.42. The highest BCUT2D eigenvalue weighted by molar-refractivity contribution is 6.36. The average molecular weight is 395 g/mol. The Morgan fingerprint density at radius 1 is 1.15 bits per heavy atom. The van der Waals surface area contributed by atoms with E-state index in [1.807, 2.05) is 0 Å². The topological polar surface area (TPSA) is 77.0 Å². The van der Waals surface area contributed by atoms with Gasteiger partial charge in [0.2, 0.25) is 0 Å². The molecule has 6 nitrogen and oxygen atoms in total. The van der Waals surface area contributed by atoms with Gasteiger partial charge >= 0.3 is 5.97 Å². The molecular weight excluding hydrogens is 379 g/mol. The Morgan fingerprint density at radius 2 is 1.88 bits per heavy atom. The fourth-order valence-corrected chi connectivity index (χ4v) is 2.39. The Kier molecular flexibility index (Phi) is 7.44. The number of hydrazone groups is 1. The van der Waals surface area contributed by atoms with Gasteiger partial charge in [-0.05, 0) is 55.0 Å². The molecule has 0 aliphatic heterocycles. The number of hydrogen-bond donors (Lipinski definition) is 1. The van der Waals surface area contributed by atoms with Gasteiger partial charge in [-0.3, -0.25) is 4.79 Å². The molecule has 2 aromatic carbocycles. The number of esters is 1. The van der Waals surface area contributed by atoms with Crippen molar-refractivity contribution in [3.63, 3.8) is 0 Å². The number of amides is 1. The van der Waals surface area contributed by atoms with Gasteiger partial charge in [-0.15, -0.1) is 0 Å². The summed E-state index contributed by atoms with van der Waals surface area (Å²) in [6, 6.07) is 11.4. The fraction of sp³-hybridized carbons (Fsp3) is 0.167. The van der Waals surface area contributed by atoms with Crippen molar-refractivity contribution in [3.8, 4) is 5.75 Å². The van der Waals surface area contributed by atoms with Crippen molar-refractivity contribution < 1.29 is 19.1 Å². The quantitative estimate of drug-likeness (QED) is 0.441. The van der Waals surface area contributed by atoms with Crippen LogP contribution in [0.5, 0.6) is 5.75 Å². The molecule has 26 heavy (non-hydrogen) atoms. The molecule has 0 aliphatic rings. The Morgan fingerprint density at radius 3 is 2.54 bits per heavy atom. The summed E-state index contributed by atoms with van der Waals surface area (Å²) in [4.78, 5) is 23.2. The van der Waals surface area contributed by atoms with Gasteiger partial charge in [-0.1, -0.05) is 23.2 Å². The minimum absolute atomic E-state index is 0.154. The molecule has 0 bridgehead atoms. The van der Waals surface area contributed by atoms with Gasteiger partial charge in [0.05, 0.1) is 23.4 Å². The smallest absolute Gasteiger partial charge is 0.344 e. The second-order valence-electron chi connectivity index (χ2n) is 4.99. The minimum Gasteiger partial charge on any atom is -0.482 e. The highest BCUT2D eigenvalue weighted by Crippen LogP contribution is 2.20. The van der Waals surface area contributed by atoms with Crippen LogP contribution >= 0.6 is 23.2 Å². The Bertz CT molecular complexity index is 807. The number of benzene rings is 2. The summed E-state index contributed by atoms with van der Waals surface area (Å²) < 4.78 is 10.1. The molecule has 2 rings (SSSR count). The fourth-order valence-electron chi connectivity index (χ4n) is 1.89. The van der Waals surface area contributed by atoms with Gasteiger partial charge in [-0.25, -0.2) is 10.2 Å². The first-order valence-electron chi connectivity index (χ1n) is 7.66. The molecule has 0 fully saturated rings. The maximum Gasteiger partial charge on any atom is 0.344 e. The Balaban J connectivity index is 1.88. The van der Waals surface area contributed by atoms with Gasteiger partial charge in [0.15, 0.2) is 6.61 Å². The number of ether oxygens (including phenoxy) is 2. The van der Waals surface area contributed by atoms with Crippen LogP contribution in [0.25, 0.3) is 0 Å². The second-order valence-corrected chi connectivity index (χ2v) is 5.83. The monoisotopic (exact) mass is 394 g/mol. The van der Waals surface area contributed by atoms with Gasteiger partial charge in [0, 0.05) is 5.02 Å². The van der Waals surface area contributed by atoms with Crippen LogP contribution in [0.15, 0.2) is 47.6 Å². The molecule has 0 aliphatic carbocycles. The van der Waals surface area contributed by atoms with E-state index in [4.69, 9.17) is 32.7 Å². The van der Waals surface area contributed by atoms with E-state index in [9.17, 15) is 9.59 Å². The standard InChI is InChI=1S/C18H16Cl2N2O4/c1-2-25-17(23)11-26-14-6-3-12(4-7-14)10-21-22-18(24)15-8-5-13(19)9-16(15)20/h3-10H,2,11H2,1H3,(H,22,24)/b21-10+. The summed E-state index contributed by atoms with van der Waals surface area (Å²) >= 11 is 11.8. The van der Waals surface area contributed by atoms with Crippen LogP contribution in [0.4, 0.5) is 0 Å². The first-order chi connectivity index (χ1) is 12.5. The summed E-state index contributed by atoms with van der Waals surface area (Å²) in [6.45, 7) is 1.88. The molecule has 0 saturated heterocycles. The molecule has 0 atom stereocenters. The predicted molar refractivity (Wildman–Crippen MR) is 100 cm³/mol. The lowest BCUT2D eigenvalue weighted by molar-refractivity contribution is -0.145. The maximum atomic E-state index is 12.0. The van der Waals surface area contributed by atoms with Crippen LogP contribution < -0.4 is 10.2 Å². The lowest BCUT2D eigenvalue weighted by atomic mass is 10.2. The van der Waals surface area contributed by atoms with E-state index in [1.165, 1.54) is 18.3 Å². The summed E-state index contributed by atoms with van der Waals surface area (Å²) in [7, 11) is 0. The van der Waals surface area contributed by atoms with Crippen molar-refractivity contribution in [2.45, 2.75) is 6.92 Å². The van der Waals surface area contributed by atoms with Crippen molar-refractivity contribution in [2.24, 2.45) is 5.10 Å². The number of halogens is 2. The molecular formula is C18H16Cl2N2O4. The maximum absolute atomic E-state index is 12.0. The number of carbonyl (C=O) groups is 2. The van der Waals surface area contributed by atoms with Crippen molar-refractivity contribution in [2.75, 3.05) is 13.2 Å². The largest absolute Gasteiger partial charge is 0.482 e. The number of nitrogens with zero attached hydrogens (tertiary/aromatic N) is 1. The van der Waals surface area contributed by atoms with Gasteiger partial charge in [0.1, 0.15) is 5.75 Å². The normalized spacial score (nSPS) is 10.6. The van der Waals surface area contributed by atoms with Gasteiger partial charge < -0.3 is 9.47 Å². The van der Waals surface area contributed by atoms with E-state index < -0.39 is 11.9 Å². The average Bonchev–Trinajstić information content (AvgIpc) is 2.61. The molecule has 1 N–H and O–H groups in total. The van der Waals surface area contributed by atoms with Crippen molar-refractivity contribution in [1.29, 1.82) is 0 Å². The number of hydrogen-bond acceptors (Lipinski definition) is 5. The molecule has 0 heterocycles. The van der Waals surface area contributed by atoms with Crippen LogP contribution in [-0.2, 0) is 9.53 Å². The van der Waals surface area contributed by atoms with Crippen LogP contribution in [0.3, 0.4) is 0 Å². The zero-order valence-corrected chi connectivity index (χ0v) is 15.4. The molecule has 0 aromatic heterocycles. The first kappa shape index (κ1) is 19.8. The summed E-state index contributed by atoms with van der Waals surface area (Å²) in [5, 5.41) is 4.57. The van der Waals surface area contributed by atoms with Crippen molar-refractivity contribution in [3.05, 3.63) is 63.6 Å². The van der Waals surface area contributed by atoms with Crippen LogP contribution in [0, 0.1) is 0 Å². The zero-order chi connectivity index (χ0) is 18.9. The molecule has 2 aromatic rings. The second kappa shape index (κ2) is 9.79. The third-order valence-corrected chi connectivity index (χ3v) is 3.65. The third kappa shape index (κ3) is 6.06. The van der Waals surface area contributed by atoms with E-state index >= 15 is 0 Å². The van der Waals surface area contributed by atoms with Crippen LogP contribution in [-0.4, -0.2) is 31.3 Å². The highest BCUT2D eigenvalue weighted by atomic mass is 35.5. The highest BCUT2D eigenvalue weighted by Gasteiger charge is 2.09. The third-order valence-electron chi connectivity index (χ3n) is 3.10. The minimum atomic E-state index is -0.447. The summed E-state index contributed by atoms with van der Waals surface area (Å²) in [5.41, 5.74) is 3.39. The Hall–Kier alpha value is -2.57. The predicted octanol–water partition coefficient (Wildman–Crippen LogP) is 3.70. The van der Waals surface area contributed by atoms with E-state index in [0.717, 1.165) is 5.56 Å². The molecule has 0 saturated carbocycles. The molecule has 0 unspecified atom stereocenters. The molecule has 0 radical (unpaired) electrons. The molecule has 8 heteroatoms. The Labute approximate surface area is 160 Å².